The lowest BCUT2D eigenvalue weighted by Gasteiger charge is -2.39. The number of nitrogens with one attached hydrogen (secondary N) is 4. The van der Waals surface area contributed by atoms with Gasteiger partial charge in [-0.25, -0.2) is 9.98 Å². The summed E-state index contributed by atoms with van der Waals surface area (Å²) in [5.41, 5.74) is 0.817. The molecule has 2 aliphatic rings. The van der Waals surface area contributed by atoms with Gasteiger partial charge in [0.15, 0.2) is 0 Å². The maximum absolute atomic E-state index is 8.94. The van der Waals surface area contributed by atoms with E-state index < -0.39 is 0 Å². The normalized spacial score (nSPS) is 23.4. The number of nitriles is 1. The third-order valence-electron chi connectivity index (χ3n) is 5.88. The number of pyridine rings is 2. The first-order chi connectivity index (χ1) is 14.7. The van der Waals surface area contributed by atoms with Gasteiger partial charge in [0.25, 0.3) is 0 Å². The molecule has 0 unspecified atom stereocenters. The Kier molecular flexibility index (Phi) is 6.05. The number of hydrogen-bond acceptors (Lipinski definition) is 6. The molecule has 4 rings (SSSR count). The highest BCUT2D eigenvalue weighted by Gasteiger charge is 2.40. The molecule has 0 amide bonds. The van der Waals surface area contributed by atoms with E-state index in [0.717, 1.165) is 36.1 Å². The molecule has 2 aromatic heterocycles. The number of hydrogen-bond donors (Lipinski definition) is 4. The number of rotatable bonds is 6. The summed E-state index contributed by atoms with van der Waals surface area (Å²) in [6, 6.07) is 9.43. The Morgan fingerprint density at radius 3 is 2.93 bits per heavy atom. The number of aromatic nitrogens is 2. The van der Waals surface area contributed by atoms with Crippen LogP contribution in [0.2, 0.25) is 0 Å². The molecule has 4 heterocycles. The Hall–Kier alpha value is -3.25. The van der Waals surface area contributed by atoms with Crippen LogP contribution in [0, 0.1) is 16.7 Å². The lowest BCUT2D eigenvalue weighted by atomic mass is 9.97. The summed E-state index contributed by atoms with van der Waals surface area (Å²) in [7, 11) is 1.73. The molecule has 3 atom stereocenters. The van der Waals surface area contributed by atoms with Crippen molar-refractivity contribution in [1.82, 2.24) is 20.2 Å². The highest BCUT2D eigenvalue weighted by atomic mass is 15.2. The summed E-state index contributed by atoms with van der Waals surface area (Å²) in [4.78, 5) is 15.7. The van der Waals surface area contributed by atoms with Crippen LogP contribution in [-0.2, 0) is 0 Å². The molecule has 9 heteroatoms. The average Bonchev–Trinajstić information content (AvgIpc) is 2.98. The summed E-state index contributed by atoms with van der Waals surface area (Å²) in [5, 5.41) is 27.2. The van der Waals surface area contributed by atoms with Crippen LogP contribution < -0.4 is 16.0 Å². The van der Waals surface area contributed by atoms with Crippen molar-refractivity contribution in [2.75, 3.05) is 24.2 Å². The zero-order valence-electron chi connectivity index (χ0n) is 17.1. The molecular weight excluding hydrogens is 378 g/mol. The standard InChI is InChI=1S/C21H27N9/c1-24-13-26-21(23)29-19-12-18-17(4-2-8-25-18)20(28-19)27-14-10-15-5-6-16(11-14)30(15)9-3-7-22/h2,4,8,12-16H,3,5-6,9-11H2,1H3,(H4,23,24,26,27,28,29)/t14-,15-,16+. The molecule has 0 spiro atoms. The number of anilines is 2. The van der Waals surface area contributed by atoms with Crippen LogP contribution in [-0.4, -0.2) is 58.9 Å². The van der Waals surface area contributed by atoms with E-state index in [-0.39, 0.29) is 5.96 Å². The minimum Gasteiger partial charge on any atom is -0.379 e. The smallest absolute Gasteiger partial charge is 0.222 e. The lowest BCUT2D eigenvalue weighted by Crippen LogP contribution is -2.47. The fourth-order valence-electron chi connectivity index (χ4n) is 4.66. The van der Waals surface area contributed by atoms with E-state index in [1.54, 1.807) is 13.2 Å². The Morgan fingerprint density at radius 1 is 1.40 bits per heavy atom. The first-order valence-electron chi connectivity index (χ1n) is 10.4. The third-order valence-corrected chi connectivity index (χ3v) is 5.88. The van der Waals surface area contributed by atoms with Gasteiger partial charge in [-0.15, -0.1) is 0 Å². The van der Waals surface area contributed by atoms with Crippen molar-refractivity contribution in [3.05, 3.63) is 24.4 Å². The molecule has 2 bridgehead atoms. The minimum absolute atomic E-state index is 0.00178. The second-order valence-electron chi connectivity index (χ2n) is 7.79. The first kappa shape index (κ1) is 20.0. The molecule has 9 nitrogen and oxygen atoms in total. The highest BCUT2D eigenvalue weighted by molar-refractivity contribution is 5.98. The van der Waals surface area contributed by atoms with Crippen LogP contribution in [0.25, 0.3) is 10.9 Å². The van der Waals surface area contributed by atoms with Crippen molar-refractivity contribution in [3.63, 3.8) is 0 Å². The zero-order valence-corrected chi connectivity index (χ0v) is 17.1. The van der Waals surface area contributed by atoms with Gasteiger partial charge in [0.1, 0.15) is 11.6 Å². The fraction of sp³-hybridized carbons (Fsp3) is 0.476. The topological polar surface area (TPSA) is 125 Å². The molecule has 0 radical (unpaired) electrons. The van der Waals surface area contributed by atoms with Crippen molar-refractivity contribution >= 4 is 34.8 Å². The van der Waals surface area contributed by atoms with E-state index >= 15 is 0 Å². The Morgan fingerprint density at radius 2 is 2.20 bits per heavy atom. The molecular formula is C21H27N9. The van der Waals surface area contributed by atoms with Gasteiger partial charge in [0.2, 0.25) is 5.96 Å². The number of piperidine rings is 1. The predicted molar refractivity (Wildman–Crippen MR) is 119 cm³/mol. The largest absolute Gasteiger partial charge is 0.379 e. The Labute approximate surface area is 176 Å². The van der Waals surface area contributed by atoms with Gasteiger partial charge in [0.05, 0.1) is 17.9 Å². The van der Waals surface area contributed by atoms with Crippen LogP contribution in [0.4, 0.5) is 11.6 Å². The van der Waals surface area contributed by atoms with Crippen molar-refractivity contribution < 1.29 is 0 Å². The molecule has 4 N–H and O–H groups in total. The quantitative estimate of drug-likeness (QED) is 0.430. The van der Waals surface area contributed by atoms with Crippen LogP contribution in [0.15, 0.2) is 29.4 Å². The maximum atomic E-state index is 8.94. The molecule has 0 aliphatic carbocycles. The second-order valence-corrected chi connectivity index (χ2v) is 7.79. The van der Waals surface area contributed by atoms with Crippen molar-refractivity contribution in [2.45, 2.75) is 50.2 Å². The number of guanidine groups is 1. The monoisotopic (exact) mass is 405 g/mol. The van der Waals surface area contributed by atoms with Gasteiger partial charge in [-0.2, -0.15) is 5.26 Å². The predicted octanol–water partition coefficient (Wildman–Crippen LogP) is 2.55. The average molecular weight is 406 g/mol. The van der Waals surface area contributed by atoms with Crippen LogP contribution in [0.1, 0.15) is 32.1 Å². The lowest BCUT2D eigenvalue weighted by molar-refractivity contribution is 0.136. The van der Waals surface area contributed by atoms with E-state index in [2.05, 4.69) is 36.9 Å². The van der Waals surface area contributed by atoms with Gasteiger partial charge in [-0.1, -0.05) is 0 Å². The molecule has 0 aromatic carbocycles. The van der Waals surface area contributed by atoms with Crippen LogP contribution in [0.5, 0.6) is 0 Å². The second kappa shape index (κ2) is 9.05. The van der Waals surface area contributed by atoms with Gasteiger partial charge in [-0.3, -0.25) is 15.3 Å². The van der Waals surface area contributed by atoms with Crippen LogP contribution in [0.3, 0.4) is 0 Å². The molecule has 0 saturated carbocycles. The van der Waals surface area contributed by atoms with Crippen molar-refractivity contribution in [2.24, 2.45) is 4.99 Å². The van der Waals surface area contributed by atoms with E-state index in [1.807, 2.05) is 18.2 Å². The minimum atomic E-state index is 0.00178. The van der Waals surface area contributed by atoms with Crippen LogP contribution >= 0.6 is 0 Å². The SMILES string of the molecule is CN/C=N\C(=N)Nc1cc2ncccc2c(N[C@@H]2C[C@H]3CC[C@@H](C2)N3CCC#N)n1. The molecule has 2 aliphatic heterocycles. The van der Waals surface area contributed by atoms with E-state index in [0.29, 0.717) is 30.4 Å². The molecule has 156 valence electrons. The fourth-order valence-corrected chi connectivity index (χ4v) is 4.66. The Balaban J connectivity index is 1.53. The summed E-state index contributed by atoms with van der Waals surface area (Å²) >= 11 is 0. The van der Waals surface area contributed by atoms with Gasteiger partial charge >= 0.3 is 0 Å². The summed E-state index contributed by atoms with van der Waals surface area (Å²) in [6.45, 7) is 0.873. The highest BCUT2D eigenvalue weighted by Crippen LogP contribution is 2.37. The zero-order chi connectivity index (χ0) is 20.9. The summed E-state index contributed by atoms with van der Waals surface area (Å²) < 4.78 is 0. The molecule has 2 fully saturated rings. The molecule has 2 aromatic rings. The van der Waals surface area contributed by atoms with Crippen molar-refractivity contribution in [3.8, 4) is 6.07 Å². The number of nitrogens with zero attached hydrogens (tertiary/aromatic N) is 5. The van der Waals surface area contributed by atoms with Crippen molar-refractivity contribution in [1.29, 1.82) is 10.7 Å². The maximum Gasteiger partial charge on any atom is 0.222 e. The van der Waals surface area contributed by atoms with E-state index in [4.69, 9.17) is 15.7 Å². The Bertz CT molecular complexity index is 966. The molecule has 2 saturated heterocycles. The van der Waals surface area contributed by atoms with Gasteiger partial charge in [-0.05, 0) is 37.8 Å². The first-order valence-corrected chi connectivity index (χ1v) is 10.4. The molecule has 30 heavy (non-hydrogen) atoms. The van der Waals surface area contributed by atoms with Gasteiger partial charge in [0, 0.05) is 55.8 Å². The number of fused-ring (bicyclic) bond motifs is 3. The number of aliphatic imine (C=N–C) groups is 1. The summed E-state index contributed by atoms with van der Waals surface area (Å²) in [5.74, 6) is 1.32. The summed E-state index contributed by atoms with van der Waals surface area (Å²) in [6.07, 6.45) is 8.30. The van der Waals surface area contributed by atoms with E-state index in [1.165, 1.54) is 19.2 Å². The van der Waals surface area contributed by atoms with Gasteiger partial charge < -0.3 is 16.0 Å². The van der Waals surface area contributed by atoms with E-state index in [9.17, 15) is 0 Å². The third kappa shape index (κ3) is 4.33.